The fraction of sp³-hybridized carbons (Fsp3) is 0.381. The summed E-state index contributed by atoms with van der Waals surface area (Å²) in [5.74, 6) is 0. The Bertz CT molecular complexity index is 912. The molecule has 1 fully saturated rings. The quantitative estimate of drug-likeness (QED) is 0.778. The zero-order valence-electron chi connectivity index (χ0n) is 16.1. The number of amidine groups is 1. The second kappa shape index (κ2) is 8.32. The molecule has 1 heterocycles. The van der Waals surface area contributed by atoms with Gasteiger partial charge in [-0.3, -0.25) is 0 Å². The molecule has 2 atom stereocenters. The number of aliphatic hydroxyl groups excluding tert-OH is 1. The maximum Gasteiger partial charge on any atom is 0.299 e. The molecule has 0 amide bonds. The van der Waals surface area contributed by atoms with Crippen molar-refractivity contribution in [3.05, 3.63) is 71.8 Å². The van der Waals surface area contributed by atoms with Crippen LogP contribution in [-0.2, 0) is 21.2 Å². The van der Waals surface area contributed by atoms with E-state index in [1.807, 2.05) is 60.7 Å². The van der Waals surface area contributed by atoms with Crippen molar-refractivity contribution in [2.24, 2.45) is 4.99 Å². The molecule has 2 N–H and O–H groups in total. The molecule has 7 heteroatoms. The fourth-order valence-electron chi connectivity index (χ4n) is 3.38. The minimum atomic E-state index is -3.69. The van der Waals surface area contributed by atoms with E-state index < -0.39 is 26.9 Å². The van der Waals surface area contributed by atoms with Gasteiger partial charge in [0.1, 0.15) is 10.9 Å². The Morgan fingerprint density at radius 3 is 2.29 bits per heavy atom. The molecule has 28 heavy (non-hydrogen) atoms. The topological polar surface area (TPSA) is 88.0 Å². The average Bonchev–Trinajstić information content (AvgIpc) is 2.65. The second-order valence-corrected chi connectivity index (χ2v) is 9.27. The molecule has 0 bridgehead atoms. The van der Waals surface area contributed by atoms with Gasteiger partial charge in [0.05, 0.1) is 6.04 Å². The number of nitrogens with zero attached hydrogens (tertiary/aromatic N) is 1. The van der Waals surface area contributed by atoms with Crippen molar-refractivity contribution in [2.45, 2.75) is 43.6 Å². The summed E-state index contributed by atoms with van der Waals surface area (Å²) in [6.07, 6.45) is 0.710. The molecule has 1 aliphatic rings. The number of aliphatic imine (C=N–C) groups is 1. The van der Waals surface area contributed by atoms with E-state index in [1.54, 1.807) is 13.8 Å². The molecule has 1 saturated heterocycles. The molecular formula is C21H26N2O4S. The van der Waals surface area contributed by atoms with Crippen molar-refractivity contribution in [2.75, 3.05) is 6.61 Å². The number of benzene rings is 2. The van der Waals surface area contributed by atoms with Crippen molar-refractivity contribution in [1.29, 1.82) is 0 Å². The van der Waals surface area contributed by atoms with Crippen molar-refractivity contribution in [3.8, 4) is 0 Å². The minimum Gasteiger partial charge on any atom is -0.457 e. The molecule has 2 unspecified atom stereocenters. The highest BCUT2D eigenvalue weighted by Gasteiger charge is 2.47. The van der Waals surface area contributed by atoms with Crippen molar-refractivity contribution < 1.29 is 18.3 Å². The lowest BCUT2D eigenvalue weighted by Crippen LogP contribution is -2.59. The molecule has 0 saturated carbocycles. The molecule has 1 aliphatic heterocycles. The van der Waals surface area contributed by atoms with Gasteiger partial charge in [0.25, 0.3) is 6.02 Å². The molecule has 0 radical (unpaired) electrons. The Balaban J connectivity index is 1.87. The molecular weight excluding hydrogens is 376 g/mol. The number of nitrogens with one attached hydrogen (secondary N) is 1. The monoisotopic (exact) mass is 402 g/mol. The standard InChI is InChI=1S/C21H26N2O4S/c1-21(2)19(15-16-9-5-3-6-10-16)28(25,26)23-20(27-21)22-18(13-14-24)17-11-7-4-8-12-17/h3-12,18-19,24H,13-15H2,1-2H3,(H,22,23). The maximum absolute atomic E-state index is 13.0. The number of sulfonamides is 1. The summed E-state index contributed by atoms with van der Waals surface area (Å²) in [6, 6.07) is 18.5. The van der Waals surface area contributed by atoms with E-state index in [-0.39, 0.29) is 12.6 Å². The van der Waals surface area contributed by atoms with Crippen LogP contribution in [-0.4, -0.2) is 37.0 Å². The van der Waals surface area contributed by atoms with Crippen molar-refractivity contribution >= 4 is 16.0 Å². The predicted molar refractivity (Wildman–Crippen MR) is 109 cm³/mol. The van der Waals surface area contributed by atoms with Crippen LogP contribution in [0.25, 0.3) is 0 Å². The van der Waals surface area contributed by atoms with Gasteiger partial charge in [-0.25, -0.2) is 18.1 Å². The van der Waals surface area contributed by atoms with Crippen LogP contribution in [0.3, 0.4) is 0 Å². The summed E-state index contributed by atoms with van der Waals surface area (Å²) in [4.78, 5) is 4.47. The normalized spacial score (nSPS) is 22.8. The number of rotatable bonds is 6. The number of ether oxygens (including phenoxy) is 1. The van der Waals surface area contributed by atoms with E-state index in [2.05, 4.69) is 9.71 Å². The Morgan fingerprint density at radius 2 is 1.71 bits per heavy atom. The molecule has 6 nitrogen and oxygen atoms in total. The summed E-state index contributed by atoms with van der Waals surface area (Å²) in [5.41, 5.74) is 0.854. The predicted octanol–water partition coefficient (Wildman–Crippen LogP) is 2.81. The Morgan fingerprint density at radius 1 is 1.11 bits per heavy atom. The first-order valence-electron chi connectivity index (χ1n) is 9.30. The van der Waals surface area contributed by atoms with Crippen LogP contribution in [0.4, 0.5) is 0 Å². The highest BCUT2D eigenvalue weighted by Crippen LogP contribution is 2.30. The molecule has 0 spiro atoms. The lowest BCUT2D eigenvalue weighted by atomic mass is 9.97. The summed E-state index contributed by atoms with van der Waals surface area (Å²) in [6.45, 7) is 3.46. The Hall–Kier alpha value is -2.38. The van der Waals surface area contributed by atoms with E-state index in [4.69, 9.17) is 4.74 Å². The number of aliphatic hydroxyl groups is 1. The minimum absolute atomic E-state index is 0.0309. The molecule has 150 valence electrons. The van der Waals surface area contributed by atoms with E-state index in [1.165, 1.54) is 0 Å². The van der Waals surface area contributed by atoms with E-state index in [0.29, 0.717) is 12.8 Å². The van der Waals surface area contributed by atoms with Gasteiger partial charge < -0.3 is 9.84 Å². The third-order valence-electron chi connectivity index (χ3n) is 4.86. The van der Waals surface area contributed by atoms with Crippen molar-refractivity contribution in [3.63, 3.8) is 0 Å². The van der Waals surface area contributed by atoms with Crippen LogP contribution >= 0.6 is 0 Å². The lowest BCUT2D eigenvalue weighted by molar-refractivity contribution is 0.0759. The van der Waals surface area contributed by atoms with E-state index in [0.717, 1.165) is 11.1 Å². The Kier molecular flexibility index (Phi) is 6.05. The highest BCUT2D eigenvalue weighted by molar-refractivity contribution is 7.90. The average molecular weight is 403 g/mol. The highest BCUT2D eigenvalue weighted by atomic mass is 32.2. The van der Waals surface area contributed by atoms with Gasteiger partial charge in [0.2, 0.25) is 10.0 Å². The third kappa shape index (κ3) is 4.72. The molecule has 0 aromatic heterocycles. The third-order valence-corrected chi connectivity index (χ3v) is 6.81. The molecule has 0 aliphatic carbocycles. The van der Waals surface area contributed by atoms with Crippen LogP contribution in [0.2, 0.25) is 0 Å². The first-order chi connectivity index (χ1) is 13.3. The summed E-state index contributed by atoms with van der Waals surface area (Å²) in [7, 11) is -3.69. The summed E-state index contributed by atoms with van der Waals surface area (Å²) < 4.78 is 34.4. The first-order valence-corrected chi connectivity index (χ1v) is 10.8. The first kappa shape index (κ1) is 20.4. The Labute approximate surface area is 166 Å². The summed E-state index contributed by atoms with van der Waals surface area (Å²) in [5, 5.41) is 8.64. The van der Waals surface area contributed by atoms with Crippen LogP contribution in [0, 0.1) is 0 Å². The fourth-order valence-corrected chi connectivity index (χ4v) is 5.07. The SMILES string of the molecule is CC1(C)OC(=NC(CCO)c2ccccc2)NS(=O)(=O)C1Cc1ccccc1. The van der Waals surface area contributed by atoms with Crippen LogP contribution in [0.15, 0.2) is 65.7 Å². The molecule has 3 rings (SSSR count). The van der Waals surface area contributed by atoms with E-state index >= 15 is 0 Å². The van der Waals surface area contributed by atoms with Crippen LogP contribution in [0.5, 0.6) is 0 Å². The molecule has 2 aromatic carbocycles. The van der Waals surface area contributed by atoms with Crippen molar-refractivity contribution in [1.82, 2.24) is 4.72 Å². The lowest BCUT2D eigenvalue weighted by Gasteiger charge is -2.39. The van der Waals surface area contributed by atoms with Gasteiger partial charge in [-0.15, -0.1) is 0 Å². The van der Waals surface area contributed by atoms with Gasteiger partial charge in [0, 0.05) is 6.61 Å². The number of hydrogen-bond donors (Lipinski definition) is 2. The van der Waals surface area contributed by atoms with Gasteiger partial charge in [-0.1, -0.05) is 60.7 Å². The van der Waals surface area contributed by atoms with Gasteiger partial charge in [-0.2, -0.15) is 0 Å². The van der Waals surface area contributed by atoms with Crippen LogP contribution < -0.4 is 4.72 Å². The van der Waals surface area contributed by atoms with Gasteiger partial charge >= 0.3 is 0 Å². The smallest absolute Gasteiger partial charge is 0.299 e. The summed E-state index contributed by atoms with van der Waals surface area (Å²) >= 11 is 0. The maximum atomic E-state index is 13.0. The van der Waals surface area contributed by atoms with Crippen LogP contribution in [0.1, 0.15) is 37.4 Å². The van der Waals surface area contributed by atoms with E-state index in [9.17, 15) is 13.5 Å². The zero-order chi connectivity index (χ0) is 20.2. The zero-order valence-corrected chi connectivity index (χ0v) is 16.9. The molecule has 2 aromatic rings. The van der Waals surface area contributed by atoms with Gasteiger partial charge in [0.15, 0.2) is 0 Å². The second-order valence-electron chi connectivity index (χ2n) is 7.40. The van der Waals surface area contributed by atoms with Gasteiger partial charge in [-0.05, 0) is 37.8 Å². The number of hydrogen-bond acceptors (Lipinski definition) is 5. The largest absolute Gasteiger partial charge is 0.457 e.